The average Bonchev–Trinajstić information content (AvgIpc) is 2.56. The molecule has 1 aliphatic rings. The van der Waals surface area contributed by atoms with E-state index in [1.165, 1.54) is 13.1 Å². The van der Waals surface area contributed by atoms with Gasteiger partial charge < -0.3 is 0 Å². The molecule has 3 aromatic rings. The summed E-state index contributed by atoms with van der Waals surface area (Å²) in [6, 6.07) is 27.9. The minimum absolute atomic E-state index is 1.02. The Morgan fingerprint density at radius 2 is 1.10 bits per heavy atom. The van der Waals surface area contributed by atoms with Crippen molar-refractivity contribution in [1.29, 1.82) is 0 Å². The van der Waals surface area contributed by atoms with Crippen LogP contribution in [0.5, 0.6) is 11.5 Å². The molecule has 1 nitrogen and oxygen atoms in total. The van der Waals surface area contributed by atoms with Crippen LogP contribution in [0.15, 0.2) is 78.9 Å². The number of fused-ring (bicyclic) bond motifs is 2. The van der Waals surface area contributed by atoms with E-state index in [0.717, 1.165) is 11.5 Å². The van der Waals surface area contributed by atoms with E-state index in [-0.39, 0.29) is 0 Å². The van der Waals surface area contributed by atoms with E-state index < -0.39 is 13.6 Å². The topological polar surface area (TPSA) is 9.23 Å². The van der Waals surface area contributed by atoms with E-state index in [2.05, 4.69) is 84.6 Å². The van der Waals surface area contributed by atoms with Crippen LogP contribution in [-0.2, 0) is 0 Å². The van der Waals surface area contributed by atoms with Crippen molar-refractivity contribution in [3.05, 3.63) is 78.9 Å². The average molecular weight is 335 g/mol. The van der Waals surface area contributed by atoms with Gasteiger partial charge in [0.1, 0.15) is 0 Å². The summed E-state index contributed by atoms with van der Waals surface area (Å²) < 4.78 is 10.4. The van der Waals surface area contributed by atoms with Gasteiger partial charge >= 0.3 is 127 Å². The van der Waals surface area contributed by atoms with Gasteiger partial charge in [0.15, 0.2) is 0 Å². The van der Waals surface area contributed by atoms with Gasteiger partial charge in [-0.1, -0.05) is 0 Å². The monoisotopic (exact) mass is 335 g/mol. The molecule has 2 heteroatoms. The Labute approximate surface area is 127 Å². The van der Waals surface area contributed by atoms with Gasteiger partial charge in [-0.3, -0.25) is 0 Å². The molecule has 0 aliphatic carbocycles. The van der Waals surface area contributed by atoms with Crippen molar-refractivity contribution >= 4 is 26.6 Å². The quantitative estimate of drug-likeness (QED) is 0.622. The van der Waals surface area contributed by atoms with Gasteiger partial charge in [-0.2, -0.15) is 0 Å². The maximum atomic E-state index is 6.14. The van der Waals surface area contributed by atoms with Crippen molar-refractivity contribution in [2.75, 3.05) is 0 Å². The van der Waals surface area contributed by atoms with Crippen LogP contribution in [0.25, 0.3) is 0 Å². The van der Waals surface area contributed by atoms with Gasteiger partial charge in [0.05, 0.1) is 0 Å². The summed E-state index contributed by atoms with van der Waals surface area (Å²) in [5, 5.41) is 0. The van der Waals surface area contributed by atoms with Crippen molar-refractivity contribution in [3.63, 3.8) is 0 Å². The number of benzene rings is 3. The summed E-state index contributed by atoms with van der Waals surface area (Å²) in [5.74, 6) is 2.05. The molecule has 4 rings (SSSR count). The third kappa shape index (κ3) is 1.85. The minimum atomic E-state index is -2.40. The first kappa shape index (κ1) is 12.7. The SMILES string of the molecule is C[As]1(c2ccccc2)c2ccccc2Oc2ccccc21. The number of para-hydroxylation sites is 2. The maximum absolute atomic E-state index is 6.14. The molecule has 0 saturated carbocycles. The molecular formula is C19H16AsO. The molecule has 0 saturated heterocycles. The molecule has 3 aromatic carbocycles. The number of ether oxygens (including phenoxy) is 1. The van der Waals surface area contributed by atoms with Gasteiger partial charge in [0, 0.05) is 0 Å². The van der Waals surface area contributed by atoms with Crippen molar-refractivity contribution in [3.8, 4) is 11.5 Å². The zero-order valence-corrected chi connectivity index (χ0v) is 13.7. The van der Waals surface area contributed by atoms with Gasteiger partial charge in [-0.25, -0.2) is 0 Å². The summed E-state index contributed by atoms with van der Waals surface area (Å²) in [7, 11) is 0. The van der Waals surface area contributed by atoms with E-state index in [1.54, 1.807) is 0 Å². The number of hydrogen-bond acceptors (Lipinski definition) is 1. The Morgan fingerprint density at radius 3 is 1.67 bits per heavy atom. The van der Waals surface area contributed by atoms with Crippen LogP contribution in [0.3, 0.4) is 0 Å². The molecule has 0 N–H and O–H groups in total. The third-order valence-corrected chi connectivity index (χ3v) is 12.6. The normalized spacial score (nSPS) is 14.7. The molecule has 1 radical (unpaired) electrons. The van der Waals surface area contributed by atoms with Crippen molar-refractivity contribution in [2.45, 2.75) is 5.71 Å². The Kier molecular flexibility index (Phi) is 2.90. The number of rotatable bonds is 1. The van der Waals surface area contributed by atoms with E-state index in [0.29, 0.717) is 0 Å². The zero-order valence-electron chi connectivity index (χ0n) is 11.9. The molecule has 0 atom stereocenters. The van der Waals surface area contributed by atoms with Gasteiger partial charge in [0.25, 0.3) is 0 Å². The molecule has 0 spiro atoms. The summed E-state index contributed by atoms with van der Waals surface area (Å²) in [6.45, 7) is 0. The fraction of sp³-hybridized carbons (Fsp3) is 0.0526. The Hall–Kier alpha value is -1.98. The molecule has 1 heterocycles. The van der Waals surface area contributed by atoms with Crippen LogP contribution in [0, 0.1) is 0 Å². The van der Waals surface area contributed by atoms with Crippen LogP contribution in [-0.4, -0.2) is 13.6 Å². The molecule has 0 amide bonds. The first-order valence-electron chi connectivity index (χ1n) is 7.09. The van der Waals surface area contributed by atoms with Crippen LogP contribution >= 0.6 is 0 Å². The van der Waals surface area contributed by atoms with Crippen LogP contribution < -0.4 is 17.8 Å². The third-order valence-electron chi connectivity index (χ3n) is 4.19. The van der Waals surface area contributed by atoms with Gasteiger partial charge in [-0.05, 0) is 0 Å². The van der Waals surface area contributed by atoms with E-state index in [4.69, 9.17) is 4.74 Å². The molecule has 103 valence electrons. The fourth-order valence-electron chi connectivity index (χ4n) is 3.08. The Bertz CT molecular complexity index is 750. The van der Waals surface area contributed by atoms with Crippen LogP contribution in [0.2, 0.25) is 5.71 Å². The summed E-state index contributed by atoms with van der Waals surface area (Å²) >= 11 is -2.40. The van der Waals surface area contributed by atoms with Crippen molar-refractivity contribution < 1.29 is 4.74 Å². The van der Waals surface area contributed by atoms with Crippen LogP contribution in [0.4, 0.5) is 0 Å². The fourth-order valence-corrected chi connectivity index (χ4v) is 10.4. The standard InChI is InChI=1S/C19H16AsO/c1-20(15-9-3-2-4-10-15)16-11-5-7-13-18(16)21-19-14-8-6-12-17(19)20/h2-14H,1H3. The first-order valence-corrected chi connectivity index (χ1v) is 11.8. The van der Waals surface area contributed by atoms with E-state index in [9.17, 15) is 0 Å². The Morgan fingerprint density at radius 1 is 0.619 bits per heavy atom. The summed E-state index contributed by atoms with van der Waals surface area (Å²) in [6.07, 6.45) is 0. The first-order chi connectivity index (χ1) is 10.3. The van der Waals surface area contributed by atoms with Crippen molar-refractivity contribution in [2.24, 2.45) is 0 Å². The molecule has 0 aromatic heterocycles. The number of hydrogen-bond donors (Lipinski definition) is 0. The summed E-state index contributed by atoms with van der Waals surface area (Å²) in [4.78, 5) is 0. The second kappa shape index (κ2) is 4.79. The zero-order chi connectivity index (χ0) is 14.3. The van der Waals surface area contributed by atoms with E-state index in [1.807, 2.05) is 0 Å². The van der Waals surface area contributed by atoms with Crippen LogP contribution in [0.1, 0.15) is 0 Å². The summed E-state index contributed by atoms with van der Waals surface area (Å²) in [5.41, 5.74) is 2.45. The second-order valence-corrected chi connectivity index (χ2v) is 12.7. The Balaban J connectivity index is 2.06. The molecule has 21 heavy (non-hydrogen) atoms. The molecule has 0 fully saturated rings. The second-order valence-electron chi connectivity index (χ2n) is 5.38. The predicted octanol–water partition coefficient (Wildman–Crippen LogP) is 2.89. The molecule has 0 unspecified atom stereocenters. The van der Waals surface area contributed by atoms with Crippen molar-refractivity contribution in [1.82, 2.24) is 0 Å². The van der Waals surface area contributed by atoms with Gasteiger partial charge in [-0.15, -0.1) is 0 Å². The van der Waals surface area contributed by atoms with Gasteiger partial charge in [0.2, 0.25) is 0 Å². The molecule has 0 bridgehead atoms. The molecular weight excluding hydrogens is 319 g/mol. The molecule has 1 aliphatic heterocycles. The van der Waals surface area contributed by atoms with E-state index >= 15 is 0 Å². The predicted molar refractivity (Wildman–Crippen MR) is 89.9 cm³/mol.